The van der Waals surface area contributed by atoms with Gasteiger partial charge < -0.3 is 4.57 Å². The minimum Gasteiger partial charge on any atom is -0.353 e. The smallest absolute Gasteiger partial charge is 0.243 e. The molecule has 0 aliphatic heterocycles. The van der Waals surface area contributed by atoms with E-state index in [0.717, 1.165) is 5.69 Å². The minimum atomic E-state index is -3.64. The van der Waals surface area contributed by atoms with Crippen molar-refractivity contribution in [3.63, 3.8) is 0 Å². The Morgan fingerprint density at radius 3 is 2.78 bits per heavy atom. The van der Waals surface area contributed by atoms with Crippen LogP contribution in [0.5, 0.6) is 0 Å². The summed E-state index contributed by atoms with van der Waals surface area (Å²) in [6, 6.07) is 6.64. The molecule has 2 aromatic heterocycles. The SMILES string of the molecule is Cn1cccc1CNS(=O)(=O)c1cccnc1Cl. The number of aromatic nitrogens is 2. The first-order valence-electron chi connectivity index (χ1n) is 5.21. The number of hydrogen-bond donors (Lipinski definition) is 1. The molecule has 0 aromatic carbocycles. The van der Waals surface area contributed by atoms with Crippen LogP contribution in [0, 0.1) is 0 Å². The van der Waals surface area contributed by atoms with Gasteiger partial charge in [-0.25, -0.2) is 18.1 Å². The van der Waals surface area contributed by atoms with Crippen LogP contribution in [0.25, 0.3) is 0 Å². The first-order chi connectivity index (χ1) is 8.50. The van der Waals surface area contributed by atoms with Gasteiger partial charge in [0.05, 0.1) is 6.54 Å². The van der Waals surface area contributed by atoms with Gasteiger partial charge >= 0.3 is 0 Å². The van der Waals surface area contributed by atoms with E-state index in [1.54, 1.807) is 0 Å². The van der Waals surface area contributed by atoms with Crippen LogP contribution in [0.15, 0.2) is 41.6 Å². The van der Waals surface area contributed by atoms with E-state index < -0.39 is 10.0 Å². The van der Waals surface area contributed by atoms with E-state index in [2.05, 4.69) is 9.71 Å². The largest absolute Gasteiger partial charge is 0.353 e. The van der Waals surface area contributed by atoms with Gasteiger partial charge in [0.2, 0.25) is 10.0 Å². The van der Waals surface area contributed by atoms with Crippen LogP contribution in [0.4, 0.5) is 0 Å². The van der Waals surface area contributed by atoms with Crippen molar-refractivity contribution in [3.8, 4) is 0 Å². The van der Waals surface area contributed by atoms with E-state index in [1.807, 2.05) is 29.9 Å². The molecule has 0 fully saturated rings. The second-order valence-electron chi connectivity index (χ2n) is 3.73. The van der Waals surface area contributed by atoms with E-state index in [4.69, 9.17) is 11.6 Å². The third-order valence-electron chi connectivity index (χ3n) is 2.51. The van der Waals surface area contributed by atoms with Gasteiger partial charge in [-0.05, 0) is 24.3 Å². The summed E-state index contributed by atoms with van der Waals surface area (Å²) in [5.41, 5.74) is 0.860. The Bertz CT molecular complexity index is 652. The highest BCUT2D eigenvalue weighted by Gasteiger charge is 2.18. The number of hydrogen-bond acceptors (Lipinski definition) is 3. The molecule has 0 saturated heterocycles. The second-order valence-corrected chi connectivity index (χ2v) is 5.82. The lowest BCUT2D eigenvalue weighted by atomic mass is 10.4. The summed E-state index contributed by atoms with van der Waals surface area (Å²) < 4.78 is 28.4. The van der Waals surface area contributed by atoms with Crippen LogP contribution in [0.1, 0.15) is 5.69 Å². The molecule has 0 aliphatic carbocycles. The standard InChI is InChI=1S/C11H12ClN3O2S/c1-15-7-3-4-9(15)8-14-18(16,17)10-5-2-6-13-11(10)12/h2-7,14H,8H2,1H3. The van der Waals surface area contributed by atoms with E-state index in [0.29, 0.717) is 0 Å². The first-order valence-corrected chi connectivity index (χ1v) is 7.07. The third kappa shape index (κ3) is 2.72. The topological polar surface area (TPSA) is 64.0 Å². The molecule has 7 heteroatoms. The molecule has 0 atom stereocenters. The zero-order valence-corrected chi connectivity index (χ0v) is 11.2. The average molecular weight is 286 g/mol. The van der Waals surface area contributed by atoms with Crippen molar-refractivity contribution >= 4 is 21.6 Å². The Morgan fingerprint density at radius 2 is 2.17 bits per heavy atom. The number of pyridine rings is 1. The maximum atomic E-state index is 12.0. The van der Waals surface area contributed by atoms with Crippen LogP contribution < -0.4 is 4.72 Å². The first kappa shape index (κ1) is 13.1. The third-order valence-corrected chi connectivity index (χ3v) is 4.36. The van der Waals surface area contributed by atoms with Gasteiger partial charge in [0.25, 0.3) is 0 Å². The summed E-state index contributed by atoms with van der Waals surface area (Å²) in [5, 5.41) is -0.0307. The van der Waals surface area contributed by atoms with Gasteiger partial charge in [0.1, 0.15) is 10.0 Å². The number of nitrogens with one attached hydrogen (secondary N) is 1. The number of aryl methyl sites for hydroxylation is 1. The molecule has 0 radical (unpaired) electrons. The fraction of sp³-hybridized carbons (Fsp3) is 0.182. The monoisotopic (exact) mass is 285 g/mol. The fourth-order valence-corrected chi connectivity index (χ4v) is 2.95. The molecule has 0 aliphatic rings. The Hall–Kier alpha value is -1.37. The fourth-order valence-electron chi connectivity index (χ4n) is 1.50. The molecule has 0 bridgehead atoms. The van der Waals surface area contributed by atoms with E-state index >= 15 is 0 Å². The lowest BCUT2D eigenvalue weighted by Gasteiger charge is -2.08. The maximum absolute atomic E-state index is 12.0. The molecule has 0 unspecified atom stereocenters. The molecule has 5 nitrogen and oxygen atoms in total. The highest BCUT2D eigenvalue weighted by molar-refractivity contribution is 7.89. The van der Waals surface area contributed by atoms with Crippen molar-refractivity contribution < 1.29 is 8.42 Å². The Labute approximate surface area is 110 Å². The summed E-state index contributed by atoms with van der Waals surface area (Å²) >= 11 is 5.77. The van der Waals surface area contributed by atoms with Gasteiger partial charge in [0.15, 0.2) is 0 Å². The van der Waals surface area contributed by atoms with Crippen LogP contribution in [-0.2, 0) is 23.6 Å². The van der Waals surface area contributed by atoms with E-state index in [1.165, 1.54) is 18.3 Å². The average Bonchev–Trinajstić information content (AvgIpc) is 2.73. The molecule has 2 aromatic rings. The minimum absolute atomic E-state index is 0.0131. The van der Waals surface area contributed by atoms with Crippen molar-refractivity contribution in [2.24, 2.45) is 7.05 Å². The van der Waals surface area contributed by atoms with Crippen molar-refractivity contribution in [3.05, 3.63) is 47.5 Å². The summed E-state index contributed by atoms with van der Waals surface area (Å²) in [6.45, 7) is 0.205. The van der Waals surface area contributed by atoms with Crippen LogP contribution in [-0.4, -0.2) is 18.0 Å². The van der Waals surface area contributed by atoms with Crippen molar-refractivity contribution in [2.75, 3.05) is 0 Å². The molecule has 0 saturated carbocycles. The Morgan fingerprint density at radius 1 is 1.39 bits per heavy atom. The Kier molecular flexibility index (Phi) is 3.70. The summed E-state index contributed by atoms with van der Waals surface area (Å²) in [4.78, 5) is 3.74. The molecular formula is C11H12ClN3O2S. The normalized spacial score (nSPS) is 11.7. The van der Waals surface area contributed by atoms with Gasteiger partial charge in [-0.15, -0.1) is 0 Å². The van der Waals surface area contributed by atoms with Gasteiger partial charge in [-0.3, -0.25) is 0 Å². The van der Waals surface area contributed by atoms with Crippen LogP contribution in [0.2, 0.25) is 5.15 Å². The van der Waals surface area contributed by atoms with Gasteiger partial charge in [-0.1, -0.05) is 11.6 Å². The molecule has 2 rings (SSSR count). The quantitative estimate of drug-likeness (QED) is 0.867. The summed E-state index contributed by atoms with van der Waals surface area (Å²) in [7, 11) is -1.79. The zero-order chi connectivity index (χ0) is 13.2. The van der Waals surface area contributed by atoms with Crippen molar-refractivity contribution in [1.82, 2.24) is 14.3 Å². The second kappa shape index (κ2) is 5.09. The van der Waals surface area contributed by atoms with E-state index in [-0.39, 0.29) is 16.6 Å². The molecular weight excluding hydrogens is 274 g/mol. The van der Waals surface area contributed by atoms with Gasteiger partial charge in [0, 0.05) is 25.1 Å². The lowest BCUT2D eigenvalue weighted by molar-refractivity contribution is 0.578. The highest BCUT2D eigenvalue weighted by atomic mass is 35.5. The predicted octanol–water partition coefficient (Wildman–Crippen LogP) is 1.55. The van der Waals surface area contributed by atoms with Gasteiger partial charge in [-0.2, -0.15) is 0 Å². The molecule has 2 heterocycles. The zero-order valence-electron chi connectivity index (χ0n) is 9.67. The highest BCUT2D eigenvalue weighted by Crippen LogP contribution is 2.17. The predicted molar refractivity (Wildman–Crippen MR) is 68.7 cm³/mol. The van der Waals surface area contributed by atoms with Crippen LogP contribution >= 0.6 is 11.6 Å². The maximum Gasteiger partial charge on any atom is 0.243 e. The van der Waals surface area contributed by atoms with Crippen molar-refractivity contribution in [2.45, 2.75) is 11.4 Å². The van der Waals surface area contributed by atoms with E-state index in [9.17, 15) is 8.42 Å². The number of halogens is 1. The van der Waals surface area contributed by atoms with Crippen LogP contribution in [0.3, 0.4) is 0 Å². The molecule has 96 valence electrons. The summed E-state index contributed by atoms with van der Waals surface area (Å²) in [5.74, 6) is 0. The Balaban J connectivity index is 2.19. The number of rotatable bonds is 4. The molecule has 0 spiro atoms. The number of sulfonamides is 1. The number of nitrogens with zero attached hydrogens (tertiary/aromatic N) is 2. The molecule has 1 N–H and O–H groups in total. The lowest BCUT2D eigenvalue weighted by Crippen LogP contribution is -2.24. The molecule has 0 amide bonds. The summed E-state index contributed by atoms with van der Waals surface area (Å²) in [6.07, 6.45) is 3.29. The molecule has 18 heavy (non-hydrogen) atoms. The van der Waals surface area contributed by atoms with Crippen molar-refractivity contribution in [1.29, 1.82) is 0 Å².